The number of thiophene rings is 1. The highest BCUT2D eigenvalue weighted by Crippen LogP contribution is 2.55. The minimum Gasteiger partial charge on any atom is -0.390 e. The molecule has 0 radical (unpaired) electrons. The molecular formula is C33H35N9O2S. The molecule has 0 amide bonds. The molecule has 3 atom stereocenters. The molecule has 2 aliphatic carbocycles. The summed E-state index contributed by atoms with van der Waals surface area (Å²) in [6, 6.07) is 8.41. The Morgan fingerprint density at radius 2 is 2.02 bits per heavy atom. The fourth-order valence-electron chi connectivity index (χ4n) is 8.15. The number of rotatable bonds is 5. The number of aryl methyl sites for hydroxylation is 1. The number of anilines is 1. The van der Waals surface area contributed by atoms with Crippen molar-refractivity contribution in [2.24, 2.45) is 0 Å². The van der Waals surface area contributed by atoms with Crippen molar-refractivity contribution in [3.05, 3.63) is 57.4 Å². The van der Waals surface area contributed by atoms with E-state index in [1.807, 2.05) is 23.0 Å². The van der Waals surface area contributed by atoms with Crippen LogP contribution in [-0.2, 0) is 24.9 Å². The molecule has 5 aromatic rings. The topological polar surface area (TPSA) is 156 Å². The lowest BCUT2D eigenvalue weighted by Crippen LogP contribution is -2.35. The van der Waals surface area contributed by atoms with Gasteiger partial charge in [0.05, 0.1) is 46.6 Å². The Bertz CT molecular complexity index is 1980. The molecule has 1 aliphatic heterocycles. The molecule has 12 heteroatoms. The van der Waals surface area contributed by atoms with E-state index in [1.54, 1.807) is 6.07 Å². The number of pyridine rings is 1. The number of nitrogens with zero attached hydrogens (tertiary/aromatic N) is 8. The van der Waals surface area contributed by atoms with Crippen LogP contribution in [-0.4, -0.2) is 59.5 Å². The normalized spacial score (nSPS) is 22.0. The number of fused-ring (bicyclic) bond motifs is 5. The third-order valence-corrected chi connectivity index (χ3v) is 11.3. The van der Waals surface area contributed by atoms with Crippen molar-refractivity contribution in [3.63, 3.8) is 0 Å². The van der Waals surface area contributed by atoms with Gasteiger partial charge in [0, 0.05) is 16.5 Å². The van der Waals surface area contributed by atoms with Crippen LogP contribution in [0.3, 0.4) is 0 Å². The van der Waals surface area contributed by atoms with Crippen LogP contribution in [0.5, 0.6) is 0 Å². The molecule has 45 heavy (non-hydrogen) atoms. The highest BCUT2D eigenvalue weighted by Gasteiger charge is 2.49. The molecule has 0 aromatic carbocycles. The number of aliphatic hydroxyl groups excluding tert-OH is 1. The summed E-state index contributed by atoms with van der Waals surface area (Å²) in [6.07, 6.45) is 9.49. The van der Waals surface area contributed by atoms with Gasteiger partial charge in [-0.2, -0.15) is 10.4 Å². The van der Waals surface area contributed by atoms with Crippen LogP contribution < -0.4 is 5.73 Å². The molecule has 3 aliphatic rings. The molecular weight excluding hydrogens is 586 g/mol. The zero-order valence-electron chi connectivity index (χ0n) is 25.5. The van der Waals surface area contributed by atoms with E-state index >= 15 is 0 Å². The summed E-state index contributed by atoms with van der Waals surface area (Å²) >= 11 is 1.54. The molecule has 3 N–H and O–H groups in total. The number of likely N-dealkylation sites (N-methyl/N-ethyl adjacent to an activating group) is 1. The molecule has 5 aromatic heterocycles. The van der Waals surface area contributed by atoms with Gasteiger partial charge in [0.1, 0.15) is 16.8 Å². The van der Waals surface area contributed by atoms with Gasteiger partial charge in [0.2, 0.25) is 0 Å². The Kier molecular flexibility index (Phi) is 6.74. The fraction of sp³-hybridized carbons (Fsp3) is 0.455. The summed E-state index contributed by atoms with van der Waals surface area (Å²) in [4.78, 5) is 18.5. The lowest BCUT2D eigenvalue weighted by Gasteiger charge is -2.39. The molecule has 11 nitrogen and oxygen atoms in total. The summed E-state index contributed by atoms with van der Waals surface area (Å²) in [7, 11) is 2.17. The number of aromatic nitrogens is 6. The highest BCUT2D eigenvalue weighted by atomic mass is 32.1. The smallest absolute Gasteiger partial charge is 0.184 e. The second-order valence-corrected chi connectivity index (χ2v) is 13.8. The number of nitriles is 1. The number of likely N-dealkylation sites (tertiary alicyclic amines) is 1. The van der Waals surface area contributed by atoms with Gasteiger partial charge in [-0.05, 0) is 89.6 Å². The monoisotopic (exact) mass is 621 g/mol. The van der Waals surface area contributed by atoms with Crippen LogP contribution >= 0.6 is 11.3 Å². The largest absolute Gasteiger partial charge is 0.390 e. The van der Waals surface area contributed by atoms with E-state index in [0.717, 1.165) is 85.8 Å². The number of hydrogen-bond acceptors (Lipinski definition) is 11. The first kappa shape index (κ1) is 28.3. The number of hydrogen-bond donors (Lipinski definition) is 2. The number of nitrogen functional groups attached to an aromatic ring is 1. The van der Waals surface area contributed by atoms with Crippen LogP contribution in [0, 0.1) is 11.3 Å². The highest BCUT2D eigenvalue weighted by molar-refractivity contribution is 7.16. The molecule has 8 rings (SSSR count). The van der Waals surface area contributed by atoms with E-state index in [4.69, 9.17) is 30.3 Å². The molecule has 0 unspecified atom stereocenters. The molecule has 1 spiro atoms. The van der Waals surface area contributed by atoms with Gasteiger partial charge in [0.25, 0.3) is 0 Å². The molecule has 0 saturated carbocycles. The minimum atomic E-state index is -0.432. The molecule has 230 valence electrons. The average molecular weight is 622 g/mol. The van der Waals surface area contributed by atoms with E-state index in [9.17, 15) is 10.4 Å². The maximum atomic E-state index is 10.1. The summed E-state index contributed by atoms with van der Waals surface area (Å²) < 4.78 is 8.31. The summed E-state index contributed by atoms with van der Waals surface area (Å²) in [5.41, 5.74) is 11.7. The lowest BCUT2D eigenvalue weighted by atomic mass is 9.63. The van der Waals surface area contributed by atoms with E-state index in [0.29, 0.717) is 45.2 Å². The van der Waals surface area contributed by atoms with Crippen molar-refractivity contribution >= 4 is 27.4 Å². The van der Waals surface area contributed by atoms with Crippen LogP contribution in [0.1, 0.15) is 84.5 Å². The van der Waals surface area contributed by atoms with Crippen molar-refractivity contribution < 1.29 is 9.63 Å². The summed E-state index contributed by atoms with van der Waals surface area (Å²) in [5.74, 6) is 1.28. The van der Waals surface area contributed by atoms with Crippen LogP contribution in [0.25, 0.3) is 33.9 Å². The van der Waals surface area contributed by atoms with E-state index in [2.05, 4.69) is 30.1 Å². The van der Waals surface area contributed by atoms with Crippen LogP contribution in [0.2, 0.25) is 0 Å². The van der Waals surface area contributed by atoms with Crippen molar-refractivity contribution in [2.45, 2.75) is 82.4 Å². The van der Waals surface area contributed by atoms with Gasteiger partial charge in [-0.15, -0.1) is 11.3 Å². The standard InChI is InChI=1S/C33H35N9O2S/c1-18(24-10-6-14-41(24)2)42-32-22(16-36-42)27(23-9-3-7-19(17-43)37-23)38-31(39-32)28-20-8-4-12-33(29(20)44-40-28)13-5-11-25-26(33)21(15-34)30(35)45-25/h3,7,9,16,18,24,43H,4-6,8,10-14,17,35H2,1-2H3/t18-,24-,33-/m0/s1. The van der Waals surface area contributed by atoms with E-state index in [-0.39, 0.29) is 12.6 Å². The van der Waals surface area contributed by atoms with Crippen molar-refractivity contribution in [1.82, 2.24) is 34.8 Å². The van der Waals surface area contributed by atoms with Gasteiger partial charge in [-0.25, -0.2) is 19.6 Å². The average Bonchev–Trinajstić information content (AvgIpc) is 3.85. The first-order chi connectivity index (χ1) is 21.9. The van der Waals surface area contributed by atoms with Gasteiger partial charge in [-0.1, -0.05) is 11.2 Å². The summed E-state index contributed by atoms with van der Waals surface area (Å²) in [6.45, 7) is 3.10. The zero-order chi connectivity index (χ0) is 30.9. The molecule has 1 saturated heterocycles. The third kappa shape index (κ3) is 4.25. The lowest BCUT2D eigenvalue weighted by molar-refractivity contribution is 0.232. The minimum absolute atomic E-state index is 0.0888. The molecule has 0 bridgehead atoms. The zero-order valence-corrected chi connectivity index (χ0v) is 26.3. The maximum absolute atomic E-state index is 10.1. The van der Waals surface area contributed by atoms with Gasteiger partial charge in [0.15, 0.2) is 22.9 Å². The van der Waals surface area contributed by atoms with Crippen molar-refractivity contribution in [1.29, 1.82) is 5.26 Å². The number of aliphatic hydroxyl groups is 1. The molecule has 1 fully saturated rings. The van der Waals surface area contributed by atoms with E-state index in [1.165, 1.54) is 16.2 Å². The van der Waals surface area contributed by atoms with E-state index < -0.39 is 5.41 Å². The second-order valence-electron chi connectivity index (χ2n) is 12.7. The van der Waals surface area contributed by atoms with Gasteiger partial charge in [-0.3, -0.25) is 0 Å². The predicted octanol–water partition coefficient (Wildman–Crippen LogP) is 5.16. The van der Waals surface area contributed by atoms with Crippen LogP contribution in [0.15, 0.2) is 28.9 Å². The Morgan fingerprint density at radius 3 is 2.80 bits per heavy atom. The van der Waals surface area contributed by atoms with Gasteiger partial charge < -0.3 is 20.3 Å². The second kappa shape index (κ2) is 10.7. The fourth-order valence-corrected chi connectivity index (χ4v) is 9.31. The van der Waals surface area contributed by atoms with Gasteiger partial charge >= 0.3 is 0 Å². The number of nitrogens with two attached hydrogens (primary N) is 1. The van der Waals surface area contributed by atoms with Crippen molar-refractivity contribution in [2.75, 3.05) is 19.3 Å². The third-order valence-electron chi connectivity index (χ3n) is 10.3. The Balaban J connectivity index is 1.32. The molecule has 6 heterocycles. The summed E-state index contributed by atoms with van der Waals surface area (Å²) in [5, 5.41) is 30.9. The van der Waals surface area contributed by atoms with Crippen molar-refractivity contribution in [3.8, 4) is 29.0 Å². The predicted molar refractivity (Wildman–Crippen MR) is 170 cm³/mol. The first-order valence-corrected chi connectivity index (χ1v) is 16.6. The Labute approximate surface area is 264 Å². The quantitative estimate of drug-likeness (QED) is 0.269. The first-order valence-electron chi connectivity index (χ1n) is 15.8. The SMILES string of the molecule is C[C@@H]([C@@H]1CCCN1C)n1ncc2c(-c3cccc(CO)n3)nc(-c3noc4c3CCC[C@@]43CCCc4sc(N)c(C#N)c43)nc21. The Hall–Kier alpha value is -4.18. The Morgan fingerprint density at radius 1 is 1.18 bits per heavy atom. The maximum Gasteiger partial charge on any atom is 0.184 e. The van der Waals surface area contributed by atoms with Crippen LogP contribution in [0.4, 0.5) is 5.00 Å².